The molecule has 1 heterocycles. The van der Waals surface area contributed by atoms with Crippen molar-refractivity contribution in [2.45, 2.75) is 19.3 Å². The third-order valence-corrected chi connectivity index (χ3v) is 3.24. The number of rotatable bonds is 6. The van der Waals surface area contributed by atoms with Crippen molar-refractivity contribution < 1.29 is 14.7 Å². The molecule has 1 aromatic rings. The first-order chi connectivity index (χ1) is 9.15. The predicted molar refractivity (Wildman–Crippen MR) is 72.0 cm³/mol. The molecule has 5 heteroatoms. The molecule has 1 aliphatic rings. The largest absolute Gasteiger partial charge is 0.481 e. The molecule has 2 rings (SSSR count). The van der Waals surface area contributed by atoms with E-state index in [1.54, 1.807) is 0 Å². The summed E-state index contributed by atoms with van der Waals surface area (Å²) in [5, 5.41) is 14.7. The summed E-state index contributed by atoms with van der Waals surface area (Å²) in [5.41, 5.74) is 1.59. The van der Waals surface area contributed by atoms with Crippen LogP contribution < -0.4 is 10.6 Å². The lowest BCUT2D eigenvalue weighted by Gasteiger charge is -2.26. The quantitative estimate of drug-likeness (QED) is 0.721. The molecular weight excluding hydrogens is 244 g/mol. The summed E-state index contributed by atoms with van der Waals surface area (Å²) in [7, 11) is 0. The number of amides is 1. The maximum Gasteiger partial charge on any atom is 0.303 e. The van der Waals surface area contributed by atoms with Gasteiger partial charge in [-0.1, -0.05) is 18.2 Å². The number of benzene rings is 1. The maximum atomic E-state index is 11.9. The van der Waals surface area contributed by atoms with Gasteiger partial charge in [-0.3, -0.25) is 9.59 Å². The first-order valence-electron chi connectivity index (χ1n) is 6.45. The molecule has 1 fully saturated rings. The molecule has 19 heavy (non-hydrogen) atoms. The average Bonchev–Trinajstić information content (AvgIpc) is 2.33. The Kier molecular flexibility index (Phi) is 4.52. The van der Waals surface area contributed by atoms with Crippen LogP contribution in [-0.2, 0) is 16.0 Å². The lowest BCUT2D eigenvalue weighted by Crippen LogP contribution is -2.43. The standard InChI is InChI=1S/C14H18N2O3/c17-13(7-10-8-15-9-10)16-12-4-2-1-3-11(12)5-6-14(18)19/h1-4,10,15H,5-9H2,(H,16,17)(H,18,19). The van der Waals surface area contributed by atoms with Gasteiger partial charge in [-0.2, -0.15) is 0 Å². The normalized spacial score (nSPS) is 14.7. The lowest BCUT2D eigenvalue weighted by atomic mass is 9.99. The fourth-order valence-corrected chi connectivity index (χ4v) is 2.06. The first-order valence-corrected chi connectivity index (χ1v) is 6.45. The minimum absolute atomic E-state index is 0.00530. The number of aryl methyl sites for hydroxylation is 1. The molecule has 102 valence electrons. The summed E-state index contributed by atoms with van der Waals surface area (Å²) < 4.78 is 0. The Bertz CT molecular complexity index is 470. The molecule has 0 radical (unpaired) electrons. The number of hydrogen-bond acceptors (Lipinski definition) is 3. The number of carbonyl (C=O) groups excluding carboxylic acids is 1. The van der Waals surface area contributed by atoms with Crippen molar-refractivity contribution in [2.24, 2.45) is 5.92 Å². The Labute approximate surface area is 112 Å². The number of anilines is 1. The van der Waals surface area contributed by atoms with Crippen LogP contribution in [-0.4, -0.2) is 30.1 Å². The molecule has 1 amide bonds. The summed E-state index contributed by atoms with van der Waals surface area (Å²) in [4.78, 5) is 22.5. The number of carboxylic acid groups (broad SMARTS) is 1. The molecule has 3 N–H and O–H groups in total. The van der Waals surface area contributed by atoms with Gasteiger partial charge in [0.1, 0.15) is 0 Å². The fraction of sp³-hybridized carbons (Fsp3) is 0.429. The summed E-state index contributed by atoms with van der Waals surface area (Å²) in [6.07, 6.45) is 1.01. The lowest BCUT2D eigenvalue weighted by molar-refractivity contribution is -0.136. The first kappa shape index (κ1) is 13.5. The molecule has 0 spiro atoms. The zero-order valence-corrected chi connectivity index (χ0v) is 10.7. The molecule has 0 unspecified atom stereocenters. The number of para-hydroxylation sites is 1. The van der Waals surface area contributed by atoms with Gasteiger partial charge in [0.25, 0.3) is 0 Å². The highest BCUT2D eigenvalue weighted by Crippen LogP contribution is 2.18. The third-order valence-electron chi connectivity index (χ3n) is 3.24. The van der Waals surface area contributed by atoms with E-state index in [1.165, 1.54) is 0 Å². The van der Waals surface area contributed by atoms with E-state index in [9.17, 15) is 9.59 Å². The smallest absolute Gasteiger partial charge is 0.303 e. The number of hydrogen-bond donors (Lipinski definition) is 3. The van der Waals surface area contributed by atoms with Crippen LogP contribution in [0.25, 0.3) is 0 Å². The van der Waals surface area contributed by atoms with E-state index >= 15 is 0 Å². The second-order valence-electron chi connectivity index (χ2n) is 4.83. The molecule has 0 atom stereocenters. The highest BCUT2D eigenvalue weighted by atomic mass is 16.4. The van der Waals surface area contributed by atoms with Crippen molar-refractivity contribution in [1.82, 2.24) is 5.32 Å². The van der Waals surface area contributed by atoms with Gasteiger partial charge in [0.2, 0.25) is 5.91 Å². The van der Waals surface area contributed by atoms with Crippen molar-refractivity contribution >= 4 is 17.6 Å². The summed E-state index contributed by atoms with van der Waals surface area (Å²) in [5.74, 6) is -0.415. The zero-order chi connectivity index (χ0) is 13.7. The van der Waals surface area contributed by atoms with Crippen molar-refractivity contribution in [3.63, 3.8) is 0 Å². The number of aliphatic carboxylic acids is 1. The third kappa shape index (κ3) is 4.06. The van der Waals surface area contributed by atoms with Crippen LogP contribution in [0.2, 0.25) is 0 Å². The molecule has 0 saturated carbocycles. The average molecular weight is 262 g/mol. The van der Waals surface area contributed by atoms with E-state index in [0.29, 0.717) is 18.8 Å². The van der Waals surface area contributed by atoms with Crippen LogP contribution in [0.1, 0.15) is 18.4 Å². The monoisotopic (exact) mass is 262 g/mol. The Morgan fingerprint density at radius 1 is 1.32 bits per heavy atom. The minimum atomic E-state index is -0.832. The highest BCUT2D eigenvalue weighted by molar-refractivity contribution is 5.91. The molecule has 5 nitrogen and oxygen atoms in total. The molecule has 1 aliphatic heterocycles. The summed E-state index contributed by atoms with van der Waals surface area (Å²) in [6.45, 7) is 1.79. The maximum absolute atomic E-state index is 11.9. The van der Waals surface area contributed by atoms with Crippen LogP contribution in [0.3, 0.4) is 0 Å². The summed E-state index contributed by atoms with van der Waals surface area (Å²) >= 11 is 0. The van der Waals surface area contributed by atoms with Crippen LogP contribution in [0.4, 0.5) is 5.69 Å². The van der Waals surface area contributed by atoms with E-state index in [-0.39, 0.29) is 12.3 Å². The highest BCUT2D eigenvalue weighted by Gasteiger charge is 2.20. The van der Waals surface area contributed by atoms with Crippen molar-refractivity contribution in [2.75, 3.05) is 18.4 Å². The second kappa shape index (κ2) is 6.33. The van der Waals surface area contributed by atoms with Gasteiger partial charge >= 0.3 is 5.97 Å². The van der Waals surface area contributed by atoms with Crippen LogP contribution in [0, 0.1) is 5.92 Å². The van der Waals surface area contributed by atoms with Crippen molar-refractivity contribution in [3.05, 3.63) is 29.8 Å². The van der Waals surface area contributed by atoms with E-state index in [4.69, 9.17) is 5.11 Å². The van der Waals surface area contributed by atoms with Gasteiger partial charge in [0.05, 0.1) is 0 Å². The van der Waals surface area contributed by atoms with Gasteiger partial charge in [0.15, 0.2) is 0 Å². The van der Waals surface area contributed by atoms with Gasteiger partial charge in [-0.15, -0.1) is 0 Å². The fourth-order valence-electron chi connectivity index (χ4n) is 2.06. The molecule has 0 bridgehead atoms. The Hall–Kier alpha value is -1.88. The van der Waals surface area contributed by atoms with Gasteiger partial charge < -0.3 is 15.7 Å². The van der Waals surface area contributed by atoms with E-state index in [0.717, 1.165) is 24.3 Å². The SMILES string of the molecule is O=C(O)CCc1ccccc1NC(=O)CC1CNC1. The summed E-state index contributed by atoms with van der Waals surface area (Å²) in [6, 6.07) is 7.35. The van der Waals surface area contributed by atoms with Crippen molar-refractivity contribution in [3.8, 4) is 0 Å². The number of nitrogens with one attached hydrogen (secondary N) is 2. The molecule has 0 aliphatic carbocycles. The topological polar surface area (TPSA) is 78.4 Å². The Morgan fingerprint density at radius 2 is 2.05 bits per heavy atom. The Balaban J connectivity index is 1.94. The molecule has 1 saturated heterocycles. The van der Waals surface area contributed by atoms with E-state index < -0.39 is 5.97 Å². The van der Waals surface area contributed by atoms with Gasteiger partial charge in [-0.05, 0) is 37.1 Å². The van der Waals surface area contributed by atoms with Crippen LogP contribution >= 0.6 is 0 Å². The van der Waals surface area contributed by atoms with Gasteiger partial charge in [-0.25, -0.2) is 0 Å². The van der Waals surface area contributed by atoms with E-state index in [1.807, 2.05) is 24.3 Å². The predicted octanol–water partition coefficient (Wildman–Crippen LogP) is 1.25. The van der Waals surface area contributed by atoms with Crippen LogP contribution in [0.5, 0.6) is 0 Å². The van der Waals surface area contributed by atoms with Crippen molar-refractivity contribution in [1.29, 1.82) is 0 Å². The Morgan fingerprint density at radius 3 is 2.68 bits per heavy atom. The molecular formula is C14H18N2O3. The van der Waals surface area contributed by atoms with E-state index in [2.05, 4.69) is 10.6 Å². The van der Waals surface area contributed by atoms with Gasteiger partial charge in [0, 0.05) is 18.5 Å². The second-order valence-corrected chi connectivity index (χ2v) is 4.83. The number of carboxylic acids is 1. The number of carbonyl (C=O) groups is 2. The van der Waals surface area contributed by atoms with Crippen LogP contribution in [0.15, 0.2) is 24.3 Å². The zero-order valence-electron chi connectivity index (χ0n) is 10.7. The molecule has 1 aromatic carbocycles. The minimum Gasteiger partial charge on any atom is -0.481 e. The molecule has 0 aromatic heterocycles.